The van der Waals surface area contributed by atoms with E-state index in [-0.39, 0.29) is 11.3 Å². The lowest BCUT2D eigenvalue weighted by atomic mass is 10.1. The summed E-state index contributed by atoms with van der Waals surface area (Å²) in [5, 5.41) is 14.2. The summed E-state index contributed by atoms with van der Waals surface area (Å²) in [6.07, 6.45) is 0. The molecule has 0 spiro atoms. The summed E-state index contributed by atoms with van der Waals surface area (Å²) < 4.78 is 0. The molecule has 4 rings (SSSR count). The number of aromatic amines is 1. The molecule has 0 aliphatic rings. The maximum atomic E-state index is 12.6. The molecule has 0 bridgehead atoms. The predicted octanol–water partition coefficient (Wildman–Crippen LogP) is 5.35. The lowest BCUT2D eigenvalue weighted by Crippen LogP contribution is -2.13. The molecule has 8 heteroatoms. The Balaban J connectivity index is 1.65. The number of rotatable bonds is 4. The number of nitrogens with one attached hydrogen (secondary N) is 2. The van der Waals surface area contributed by atoms with Crippen LogP contribution in [0.25, 0.3) is 22.4 Å². The van der Waals surface area contributed by atoms with Gasteiger partial charge in [0.05, 0.1) is 26.7 Å². The van der Waals surface area contributed by atoms with Crippen LogP contribution in [0, 0.1) is 17.0 Å². The zero-order chi connectivity index (χ0) is 20.5. The van der Waals surface area contributed by atoms with Crippen LogP contribution in [0.2, 0.25) is 5.02 Å². The van der Waals surface area contributed by atoms with Crippen molar-refractivity contribution in [2.75, 3.05) is 5.32 Å². The first-order chi connectivity index (χ1) is 13.9. The van der Waals surface area contributed by atoms with Crippen molar-refractivity contribution in [1.82, 2.24) is 9.97 Å². The van der Waals surface area contributed by atoms with E-state index in [1.54, 1.807) is 31.2 Å². The zero-order valence-corrected chi connectivity index (χ0v) is 16.0. The highest BCUT2D eigenvalue weighted by Crippen LogP contribution is 2.29. The fraction of sp³-hybridized carbons (Fsp3) is 0.0476. The van der Waals surface area contributed by atoms with Crippen LogP contribution < -0.4 is 5.32 Å². The number of nitro groups is 1. The number of aromatic nitrogens is 2. The number of aryl methyl sites for hydroxylation is 1. The first kappa shape index (κ1) is 18.6. The number of halogens is 1. The largest absolute Gasteiger partial charge is 0.338 e. The van der Waals surface area contributed by atoms with Crippen LogP contribution in [0.15, 0.2) is 60.7 Å². The van der Waals surface area contributed by atoms with Crippen molar-refractivity contribution >= 4 is 39.9 Å². The maximum Gasteiger partial charge on any atom is 0.273 e. The smallest absolute Gasteiger partial charge is 0.273 e. The number of amides is 1. The molecule has 1 aromatic heterocycles. The number of hydrogen-bond donors (Lipinski definition) is 2. The summed E-state index contributed by atoms with van der Waals surface area (Å²) >= 11 is 6.25. The van der Waals surface area contributed by atoms with E-state index in [0.717, 1.165) is 16.6 Å². The lowest BCUT2D eigenvalue weighted by Gasteiger charge is -2.09. The third kappa shape index (κ3) is 3.68. The van der Waals surface area contributed by atoms with Crippen LogP contribution in [0.1, 0.15) is 15.9 Å². The summed E-state index contributed by atoms with van der Waals surface area (Å²) in [6, 6.07) is 17.1. The molecule has 29 heavy (non-hydrogen) atoms. The van der Waals surface area contributed by atoms with Crippen molar-refractivity contribution in [3.05, 3.63) is 86.9 Å². The van der Waals surface area contributed by atoms with E-state index < -0.39 is 10.8 Å². The van der Waals surface area contributed by atoms with Gasteiger partial charge in [0.25, 0.3) is 11.6 Å². The Bertz CT molecular complexity index is 1230. The Labute approximate surface area is 170 Å². The van der Waals surface area contributed by atoms with Gasteiger partial charge in [-0.3, -0.25) is 14.9 Å². The number of fused-ring (bicyclic) bond motifs is 1. The number of carbonyl (C=O) groups is 1. The van der Waals surface area contributed by atoms with Gasteiger partial charge in [0.15, 0.2) is 0 Å². The lowest BCUT2D eigenvalue weighted by molar-refractivity contribution is -0.385. The van der Waals surface area contributed by atoms with Gasteiger partial charge in [0.2, 0.25) is 0 Å². The third-order valence-electron chi connectivity index (χ3n) is 4.55. The molecule has 1 amide bonds. The minimum absolute atomic E-state index is 0.111. The Hall–Kier alpha value is -3.71. The van der Waals surface area contributed by atoms with Crippen molar-refractivity contribution in [2.24, 2.45) is 0 Å². The van der Waals surface area contributed by atoms with Gasteiger partial charge in [-0.05, 0) is 43.3 Å². The number of nitro benzene ring substituents is 1. The van der Waals surface area contributed by atoms with Crippen LogP contribution in [-0.4, -0.2) is 20.8 Å². The Morgan fingerprint density at radius 3 is 2.69 bits per heavy atom. The second-order valence-electron chi connectivity index (χ2n) is 6.51. The van der Waals surface area contributed by atoms with Gasteiger partial charge in [-0.1, -0.05) is 29.8 Å². The number of carbonyl (C=O) groups excluding carboxylic acids is 1. The van der Waals surface area contributed by atoms with Crippen LogP contribution in [0.5, 0.6) is 0 Å². The SMILES string of the molecule is Cc1ccc(C(=O)Nc2cc(-c3nc4ccccc4[nH]3)ccc2Cl)cc1[N+](=O)[O-]. The van der Waals surface area contributed by atoms with E-state index in [4.69, 9.17) is 11.6 Å². The van der Waals surface area contributed by atoms with Gasteiger partial charge in [-0.25, -0.2) is 4.98 Å². The van der Waals surface area contributed by atoms with E-state index in [1.165, 1.54) is 12.1 Å². The molecule has 0 atom stereocenters. The molecule has 0 aliphatic heterocycles. The van der Waals surface area contributed by atoms with Gasteiger partial charge in [-0.15, -0.1) is 0 Å². The number of hydrogen-bond acceptors (Lipinski definition) is 4. The standard InChI is InChI=1S/C21H15ClN4O3/c1-12-6-7-14(11-19(12)26(28)29)21(27)25-18-10-13(8-9-15(18)22)20-23-16-4-2-3-5-17(16)24-20/h2-11H,1H3,(H,23,24)(H,25,27). The van der Waals surface area contributed by atoms with E-state index >= 15 is 0 Å². The average molecular weight is 407 g/mol. The van der Waals surface area contributed by atoms with E-state index in [1.807, 2.05) is 24.3 Å². The second kappa shape index (κ2) is 7.37. The van der Waals surface area contributed by atoms with Crippen molar-refractivity contribution in [3.8, 4) is 11.4 Å². The summed E-state index contributed by atoms with van der Waals surface area (Å²) in [5.74, 6) is 0.154. The Kier molecular flexibility index (Phi) is 4.74. The van der Waals surface area contributed by atoms with Crippen molar-refractivity contribution in [2.45, 2.75) is 6.92 Å². The normalized spacial score (nSPS) is 10.8. The maximum absolute atomic E-state index is 12.6. The fourth-order valence-electron chi connectivity index (χ4n) is 3.00. The number of nitrogens with zero attached hydrogens (tertiary/aromatic N) is 2. The highest BCUT2D eigenvalue weighted by atomic mass is 35.5. The summed E-state index contributed by atoms with van der Waals surface area (Å²) in [5.41, 5.74) is 3.40. The van der Waals surface area contributed by atoms with Crippen LogP contribution >= 0.6 is 11.6 Å². The molecule has 144 valence electrons. The van der Waals surface area contributed by atoms with E-state index in [0.29, 0.717) is 22.1 Å². The summed E-state index contributed by atoms with van der Waals surface area (Å²) in [6.45, 7) is 1.62. The fourth-order valence-corrected chi connectivity index (χ4v) is 3.16. The predicted molar refractivity (Wildman–Crippen MR) is 112 cm³/mol. The van der Waals surface area contributed by atoms with Crippen LogP contribution in [0.4, 0.5) is 11.4 Å². The number of imidazole rings is 1. The molecule has 1 heterocycles. The molecule has 3 aromatic carbocycles. The van der Waals surface area contributed by atoms with Crippen molar-refractivity contribution in [3.63, 3.8) is 0 Å². The molecule has 4 aromatic rings. The number of anilines is 1. The van der Waals surface area contributed by atoms with E-state index in [9.17, 15) is 14.9 Å². The molecular formula is C21H15ClN4O3. The van der Waals surface area contributed by atoms with Crippen molar-refractivity contribution in [1.29, 1.82) is 0 Å². The minimum Gasteiger partial charge on any atom is -0.338 e. The highest BCUT2D eigenvalue weighted by molar-refractivity contribution is 6.34. The van der Waals surface area contributed by atoms with Gasteiger partial charge >= 0.3 is 0 Å². The van der Waals surface area contributed by atoms with Crippen LogP contribution in [-0.2, 0) is 0 Å². The monoisotopic (exact) mass is 406 g/mol. The molecule has 0 radical (unpaired) electrons. The molecule has 0 saturated heterocycles. The minimum atomic E-state index is -0.513. The second-order valence-corrected chi connectivity index (χ2v) is 6.92. The number of H-pyrrole nitrogens is 1. The van der Waals surface area contributed by atoms with Gasteiger partial charge < -0.3 is 10.3 Å². The van der Waals surface area contributed by atoms with Crippen LogP contribution in [0.3, 0.4) is 0 Å². The topological polar surface area (TPSA) is 101 Å². The molecule has 0 fully saturated rings. The number of para-hydroxylation sites is 2. The van der Waals surface area contributed by atoms with E-state index in [2.05, 4.69) is 15.3 Å². The Morgan fingerprint density at radius 2 is 1.93 bits per heavy atom. The molecule has 7 nitrogen and oxygen atoms in total. The molecular weight excluding hydrogens is 392 g/mol. The first-order valence-corrected chi connectivity index (χ1v) is 9.11. The quantitative estimate of drug-likeness (QED) is 0.352. The molecule has 0 saturated carbocycles. The molecule has 0 unspecified atom stereocenters. The third-order valence-corrected chi connectivity index (χ3v) is 4.87. The number of benzene rings is 3. The highest BCUT2D eigenvalue weighted by Gasteiger charge is 2.16. The Morgan fingerprint density at radius 1 is 1.14 bits per heavy atom. The van der Waals surface area contributed by atoms with Crippen molar-refractivity contribution < 1.29 is 9.72 Å². The average Bonchev–Trinajstić information content (AvgIpc) is 3.14. The van der Waals surface area contributed by atoms with Gasteiger partial charge in [0.1, 0.15) is 5.82 Å². The first-order valence-electron chi connectivity index (χ1n) is 8.73. The molecule has 2 N–H and O–H groups in total. The zero-order valence-electron chi connectivity index (χ0n) is 15.3. The molecule has 0 aliphatic carbocycles. The van der Waals surface area contributed by atoms with Gasteiger partial charge in [0, 0.05) is 22.8 Å². The summed E-state index contributed by atoms with van der Waals surface area (Å²) in [4.78, 5) is 31.0. The summed E-state index contributed by atoms with van der Waals surface area (Å²) in [7, 11) is 0. The van der Waals surface area contributed by atoms with Gasteiger partial charge in [-0.2, -0.15) is 0 Å².